The normalized spacial score (nSPS) is 22.2. The van der Waals surface area contributed by atoms with Crippen LogP contribution in [0.15, 0.2) is 50.8 Å². The molecule has 0 aromatic rings. The molecule has 3 rings (SSSR count). The van der Waals surface area contributed by atoms with Crippen molar-refractivity contribution in [3.05, 3.63) is 35.8 Å². The highest BCUT2D eigenvalue weighted by molar-refractivity contribution is 9.18. The van der Waals surface area contributed by atoms with Crippen molar-refractivity contribution in [1.82, 2.24) is 4.90 Å². The molecule has 0 aromatic carbocycles. The number of halogens is 1. The Morgan fingerprint density at radius 3 is 3.07 bits per heavy atom. The van der Waals surface area contributed by atoms with Gasteiger partial charge in [-0.25, -0.2) is 9.98 Å². The van der Waals surface area contributed by atoms with Gasteiger partial charge in [-0.2, -0.15) is 4.99 Å². The standard InChI is InChI=1S/C9H5BrN4/c10-8-12-7-3-1-2-6-4-5-11-9(13-8)14(6)7/h1-5H. The zero-order valence-electron chi connectivity index (χ0n) is 7.05. The van der Waals surface area contributed by atoms with Gasteiger partial charge in [-0.15, -0.1) is 0 Å². The Labute approximate surface area is 88.9 Å². The molecular weight excluding hydrogens is 244 g/mol. The molecule has 0 atom stereocenters. The van der Waals surface area contributed by atoms with Crippen molar-refractivity contribution in [3.63, 3.8) is 0 Å². The zero-order valence-corrected chi connectivity index (χ0v) is 8.64. The average molecular weight is 249 g/mol. The third-order valence-electron chi connectivity index (χ3n) is 2.03. The highest BCUT2D eigenvalue weighted by Gasteiger charge is 2.25. The van der Waals surface area contributed by atoms with Crippen LogP contribution >= 0.6 is 15.9 Å². The maximum absolute atomic E-state index is 4.25. The zero-order chi connectivity index (χ0) is 9.54. The van der Waals surface area contributed by atoms with Gasteiger partial charge in [0.15, 0.2) is 0 Å². The van der Waals surface area contributed by atoms with E-state index in [4.69, 9.17) is 0 Å². The molecule has 0 spiro atoms. The fourth-order valence-corrected chi connectivity index (χ4v) is 1.81. The van der Waals surface area contributed by atoms with Crippen molar-refractivity contribution in [1.29, 1.82) is 0 Å². The first kappa shape index (κ1) is 7.87. The van der Waals surface area contributed by atoms with Gasteiger partial charge in [-0.3, -0.25) is 4.90 Å². The van der Waals surface area contributed by atoms with Crippen molar-refractivity contribution in [3.8, 4) is 0 Å². The van der Waals surface area contributed by atoms with Crippen molar-refractivity contribution >= 4 is 32.8 Å². The second kappa shape index (κ2) is 2.75. The maximum atomic E-state index is 4.25. The predicted octanol–water partition coefficient (Wildman–Crippen LogP) is 1.79. The average Bonchev–Trinajstić information content (AvgIpc) is 2.18. The number of amidine groups is 1. The van der Waals surface area contributed by atoms with Gasteiger partial charge in [-0.1, -0.05) is 6.08 Å². The van der Waals surface area contributed by atoms with Crippen LogP contribution in [0.3, 0.4) is 0 Å². The summed E-state index contributed by atoms with van der Waals surface area (Å²) >= 11 is 3.25. The number of guanidine groups is 1. The van der Waals surface area contributed by atoms with Gasteiger partial charge in [0.25, 0.3) is 0 Å². The van der Waals surface area contributed by atoms with Crippen LogP contribution in [0, 0.1) is 0 Å². The second-order valence-electron chi connectivity index (χ2n) is 2.88. The molecule has 0 radical (unpaired) electrons. The number of aliphatic imine (C=N–C) groups is 3. The van der Waals surface area contributed by atoms with Gasteiger partial charge in [0.05, 0.1) is 5.70 Å². The third-order valence-corrected chi connectivity index (χ3v) is 2.39. The minimum Gasteiger partial charge on any atom is -0.263 e. The highest BCUT2D eigenvalue weighted by Crippen LogP contribution is 2.26. The molecule has 0 unspecified atom stereocenters. The quantitative estimate of drug-likeness (QED) is 0.603. The fraction of sp³-hybridized carbons (Fsp3) is 0. The number of nitrogens with zero attached hydrogens (tertiary/aromatic N) is 4. The second-order valence-corrected chi connectivity index (χ2v) is 3.59. The van der Waals surface area contributed by atoms with Gasteiger partial charge in [0.1, 0.15) is 5.82 Å². The van der Waals surface area contributed by atoms with E-state index in [1.54, 1.807) is 6.21 Å². The van der Waals surface area contributed by atoms with Crippen LogP contribution in [0.5, 0.6) is 0 Å². The molecule has 0 N–H and O–H groups in total. The first-order chi connectivity index (χ1) is 6.84. The van der Waals surface area contributed by atoms with Gasteiger partial charge < -0.3 is 0 Å². The summed E-state index contributed by atoms with van der Waals surface area (Å²) in [6.45, 7) is 0. The molecule has 0 aromatic heterocycles. The van der Waals surface area contributed by atoms with E-state index in [1.807, 2.05) is 29.2 Å². The van der Waals surface area contributed by atoms with E-state index in [2.05, 4.69) is 30.9 Å². The van der Waals surface area contributed by atoms with Crippen molar-refractivity contribution < 1.29 is 0 Å². The van der Waals surface area contributed by atoms with Gasteiger partial charge in [-0.05, 0) is 34.2 Å². The SMILES string of the molecule is BrC1=NC2=CC=CC3=CC=NC(=N1)N32. The van der Waals surface area contributed by atoms with Crippen LogP contribution < -0.4 is 0 Å². The van der Waals surface area contributed by atoms with Gasteiger partial charge >= 0.3 is 0 Å². The van der Waals surface area contributed by atoms with E-state index >= 15 is 0 Å². The summed E-state index contributed by atoms with van der Waals surface area (Å²) in [4.78, 5) is 14.5. The van der Waals surface area contributed by atoms with Gasteiger partial charge in [0, 0.05) is 6.21 Å². The lowest BCUT2D eigenvalue weighted by atomic mass is 10.2. The maximum Gasteiger partial charge on any atom is 0.238 e. The third kappa shape index (κ3) is 1.02. The Morgan fingerprint density at radius 1 is 1.21 bits per heavy atom. The Morgan fingerprint density at radius 2 is 2.14 bits per heavy atom. The molecule has 0 amide bonds. The lowest BCUT2D eigenvalue weighted by molar-refractivity contribution is 0.619. The van der Waals surface area contributed by atoms with E-state index < -0.39 is 0 Å². The van der Waals surface area contributed by atoms with Crippen molar-refractivity contribution in [2.24, 2.45) is 15.0 Å². The molecule has 0 saturated carbocycles. The molecule has 5 heteroatoms. The molecule has 4 nitrogen and oxygen atoms in total. The van der Waals surface area contributed by atoms with Crippen molar-refractivity contribution in [2.75, 3.05) is 0 Å². The smallest absolute Gasteiger partial charge is 0.238 e. The van der Waals surface area contributed by atoms with E-state index in [1.165, 1.54) is 0 Å². The van der Waals surface area contributed by atoms with Crippen molar-refractivity contribution in [2.45, 2.75) is 0 Å². The lowest BCUT2D eigenvalue weighted by Gasteiger charge is -2.30. The Hall–Kier alpha value is -1.49. The van der Waals surface area contributed by atoms with E-state index in [0.717, 1.165) is 11.5 Å². The monoisotopic (exact) mass is 248 g/mol. The molecule has 3 heterocycles. The first-order valence-electron chi connectivity index (χ1n) is 4.10. The Balaban J connectivity index is 2.23. The van der Waals surface area contributed by atoms with E-state index in [-0.39, 0.29) is 0 Å². The first-order valence-corrected chi connectivity index (χ1v) is 4.90. The van der Waals surface area contributed by atoms with Crippen LogP contribution in [0.25, 0.3) is 0 Å². The number of rotatable bonds is 0. The minimum absolute atomic E-state index is 0.559. The largest absolute Gasteiger partial charge is 0.263 e. The molecule has 0 fully saturated rings. The molecule has 0 saturated heterocycles. The number of allylic oxidation sites excluding steroid dienone is 4. The fourth-order valence-electron chi connectivity index (χ4n) is 1.47. The highest BCUT2D eigenvalue weighted by atomic mass is 79.9. The molecule has 0 bridgehead atoms. The van der Waals surface area contributed by atoms with Crippen LogP contribution in [-0.4, -0.2) is 21.8 Å². The molecule has 68 valence electrons. The molecule has 14 heavy (non-hydrogen) atoms. The number of hydrogen-bond acceptors (Lipinski definition) is 4. The number of hydrogen-bond donors (Lipinski definition) is 0. The summed E-state index contributed by atoms with van der Waals surface area (Å²) < 4.78 is 0.559. The summed E-state index contributed by atoms with van der Waals surface area (Å²) in [6, 6.07) is 0. The summed E-state index contributed by atoms with van der Waals surface area (Å²) in [7, 11) is 0. The summed E-state index contributed by atoms with van der Waals surface area (Å²) in [5, 5.41) is 0. The van der Waals surface area contributed by atoms with Crippen LogP contribution in [0.2, 0.25) is 0 Å². The van der Waals surface area contributed by atoms with Crippen LogP contribution in [0.4, 0.5) is 0 Å². The van der Waals surface area contributed by atoms with E-state index in [9.17, 15) is 0 Å². The summed E-state index contributed by atoms with van der Waals surface area (Å²) in [5.41, 5.74) is 1.04. The molecule has 3 aliphatic heterocycles. The van der Waals surface area contributed by atoms with Gasteiger partial charge in [0.2, 0.25) is 10.7 Å². The summed E-state index contributed by atoms with van der Waals surface area (Å²) in [5.74, 6) is 1.49. The van der Waals surface area contributed by atoms with Crippen LogP contribution in [0.1, 0.15) is 0 Å². The molecular formula is C9H5BrN4. The molecule has 3 aliphatic rings. The Kier molecular flexibility index (Phi) is 1.55. The Bertz CT molecular complexity index is 477. The van der Waals surface area contributed by atoms with Crippen LogP contribution in [-0.2, 0) is 0 Å². The molecule has 0 aliphatic carbocycles. The lowest BCUT2D eigenvalue weighted by Crippen LogP contribution is -2.33. The minimum atomic E-state index is 0.559. The topological polar surface area (TPSA) is 40.3 Å². The predicted molar refractivity (Wildman–Crippen MR) is 59.4 cm³/mol. The summed E-state index contributed by atoms with van der Waals surface area (Å²) in [6.07, 6.45) is 9.55. The van der Waals surface area contributed by atoms with E-state index in [0.29, 0.717) is 10.7 Å².